The Morgan fingerprint density at radius 2 is 2.55 bits per heavy atom. The first-order valence-corrected chi connectivity index (χ1v) is 7.59. The highest BCUT2D eigenvalue weighted by atomic mass is 32.1. The number of furan rings is 1. The number of nitrogens with one attached hydrogen (secondary N) is 1. The summed E-state index contributed by atoms with van der Waals surface area (Å²) in [5, 5.41) is 6.14. The molecule has 0 aliphatic carbocycles. The van der Waals surface area contributed by atoms with Crippen LogP contribution in [0.3, 0.4) is 0 Å². The quantitative estimate of drug-likeness (QED) is 0.936. The van der Waals surface area contributed by atoms with Crippen molar-refractivity contribution in [3.63, 3.8) is 0 Å². The maximum Gasteiger partial charge on any atom is 0.228 e. The fourth-order valence-electron chi connectivity index (χ4n) is 2.37. The third-order valence-electron chi connectivity index (χ3n) is 3.47. The van der Waals surface area contributed by atoms with Crippen LogP contribution >= 0.6 is 11.3 Å². The molecule has 0 bridgehead atoms. The second-order valence-corrected chi connectivity index (χ2v) is 5.83. The second-order valence-electron chi connectivity index (χ2n) is 4.97. The minimum atomic E-state index is 0.156. The lowest BCUT2D eigenvalue weighted by atomic mass is 10.2. The van der Waals surface area contributed by atoms with E-state index in [2.05, 4.69) is 17.2 Å². The van der Waals surface area contributed by atoms with Crippen molar-refractivity contribution in [2.24, 2.45) is 0 Å². The maximum atomic E-state index is 12.3. The van der Waals surface area contributed by atoms with E-state index in [0.29, 0.717) is 6.42 Å². The predicted octanol–water partition coefficient (Wildman–Crippen LogP) is 1.77. The van der Waals surface area contributed by atoms with Crippen molar-refractivity contribution in [1.82, 2.24) is 15.2 Å². The zero-order chi connectivity index (χ0) is 13.9. The molecule has 1 fully saturated rings. The molecule has 0 radical (unpaired) electrons. The van der Waals surface area contributed by atoms with Gasteiger partial charge in [0.2, 0.25) is 5.91 Å². The topological polar surface area (TPSA) is 58.4 Å². The number of nitrogens with zero attached hydrogens (tertiary/aromatic N) is 2. The number of thiazole rings is 1. The Morgan fingerprint density at radius 1 is 1.65 bits per heavy atom. The van der Waals surface area contributed by atoms with Crippen LogP contribution in [0.15, 0.2) is 28.4 Å². The highest BCUT2D eigenvalue weighted by Crippen LogP contribution is 2.24. The molecule has 1 atom stereocenters. The highest BCUT2D eigenvalue weighted by Gasteiger charge is 2.23. The molecule has 2 aromatic rings. The number of amides is 1. The lowest BCUT2D eigenvalue weighted by Gasteiger charge is -2.33. The van der Waals surface area contributed by atoms with Crippen molar-refractivity contribution in [3.8, 4) is 10.6 Å². The summed E-state index contributed by atoms with van der Waals surface area (Å²) in [7, 11) is 0. The van der Waals surface area contributed by atoms with Crippen LogP contribution in [0.2, 0.25) is 0 Å². The number of piperazine rings is 1. The molecule has 0 unspecified atom stereocenters. The monoisotopic (exact) mass is 291 g/mol. The SMILES string of the molecule is C[C@H]1CNCCN1C(=O)Cc1csc(-c2ccoc2)n1. The van der Waals surface area contributed by atoms with Crippen LogP contribution in [0.4, 0.5) is 0 Å². The van der Waals surface area contributed by atoms with Crippen LogP contribution in [0, 0.1) is 0 Å². The van der Waals surface area contributed by atoms with Crippen LogP contribution in [-0.2, 0) is 11.2 Å². The van der Waals surface area contributed by atoms with Crippen LogP contribution in [0.25, 0.3) is 10.6 Å². The summed E-state index contributed by atoms with van der Waals surface area (Å²) in [6.07, 6.45) is 3.67. The maximum absolute atomic E-state index is 12.3. The van der Waals surface area contributed by atoms with E-state index in [1.807, 2.05) is 16.3 Å². The van der Waals surface area contributed by atoms with E-state index in [-0.39, 0.29) is 11.9 Å². The molecule has 0 saturated carbocycles. The molecule has 20 heavy (non-hydrogen) atoms. The van der Waals surface area contributed by atoms with Crippen molar-refractivity contribution >= 4 is 17.2 Å². The minimum Gasteiger partial charge on any atom is -0.472 e. The first-order chi connectivity index (χ1) is 9.74. The number of hydrogen-bond donors (Lipinski definition) is 1. The van der Waals surface area contributed by atoms with E-state index in [0.717, 1.165) is 35.9 Å². The first-order valence-electron chi connectivity index (χ1n) is 6.71. The van der Waals surface area contributed by atoms with Gasteiger partial charge < -0.3 is 14.6 Å². The molecule has 1 aliphatic rings. The largest absolute Gasteiger partial charge is 0.472 e. The molecule has 1 amide bonds. The summed E-state index contributed by atoms with van der Waals surface area (Å²) in [4.78, 5) is 18.8. The Balaban J connectivity index is 1.67. The fourth-order valence-corrected chi connectivity index (χ4v) is 3.18. The van der Waals surface area contributed by atoms with E-state index in [1.54, 1.807) is 23.9 Å². The molecule has 6 heteroatoms. The van der Waals surface area contributed by atoms with E-state index in [9.17, 15) is 4.79 Å². The Labute approximate surface area is 121 Å². The molecule has 106 valence electrons. The lowest BCUT2D eigenvalue weighted by molar-refractivity contribution is -0.133. The smallest absolute Gasteiger partial charge is 0.228 e. The van der Waals surface area contributed by atoms with Crippen molar-refractivity contribution in [3.05, 3.63) is 29.7 Å². The summed E-state index contributed by atoms with van der Waals surface area (Å²) in [6, 6.07) is 2.13. The standard InChI is InChI=1S/C14H17N3O2S/c1-10-7-15-3-4-17(10)13(18)6-12-9-20-14(16-12)11-2-5-19-8-11/h2,5,8-10,15H,3-4,6-7H2,1H3/t10-/m0/s1. The summed E-state index contributed by atoms with van der Waals surface area (Å²) < 4.78 is 5.05. The van der Waals surface area contributed by atoms with Gasteiger partial charge in [-0.3, -0.25) is 4.79 Å². The van der Waals surface area contributed by atoms with Crippen molar-refractivity contribution in [1.29, 1.82) is 0 Å². The molecule has 2 aromatic heterocycles. The Morgan fingerprint density at radius 3 is 3.30 bits per heavy atom. The van der Waals surface area contributed by atoms with Crippen molar-refractivity contribution in [2.45, 2.75) is 19.4 Å². The van der Waals surface area contributed by atoms with E-state index >= 15 is 0 Å². The van der Waals surface area contributed by atoms with Gasteiger partial charge in [-0.25, -0.2) is 4.98 Å². The predicted molar refractivity (Wildman–Crippen MR) is 77.6 cm³/mol. The number of carbonyl (C=O) groups is 1. The molecule has 0 aromatic carbocycles. The zero-order valence-corrected chi connectivity index (χ0v) is 12.2. The van der Waals surface area contributed by atoms with Gasteiger partial charge in [0.05, 0.1) is 18.4 Å². The van der Waals surface area contributed by atoms with Gasteiger partial charge in [-0.1, -0.05) is 0 Å². The van der Waals surface area contributed by atoms with Gasteiger partial charge in [0, 0.05) is 36.6 Å². The summed E-state index contributed by atoms with van der Waals surface area (Å²) in [5.41, 5.74) is 1.80. The molecule has 3 rings (SSSR count). The van der Waals surface area contributed by atoms with Gasteiger partial charge in [0.25, 0.3) is 0 Å². The van der Waals surface area contributed by atoms with Gasteiger partial charge >= 0.3 is 0 Å². The minimum absolute atomic E-state index is 0.156. The van der Waals surface area contributed by atoms with Crippen LogP contribution in [0.1, 0.15) is 12.6 Å². The number of aromatic nitrogens is 1. The van der Waals surface area contributed by atoms with Crippen molar-refractivity contribution in [2.75, 3.05) is 19.6 Å². The number of rotatable bonds is 3. The van der Waals surface area contributed by atoms with E-state index in [1.165, 1.54) is 0 Å². The Bertz CT molecular complexity index is 579. The summed E-state index contributed by atoms with van der Waals surface area (Å²) in [5.74, 6) is 0.156. The van der Waals surface area contributed by atoms with Gasteiger partial charge in [-0.15, -0.1) is 11.3 Å². The third-order valence-corrected chi connectivity index (χ3v) is 4.41. The molecule has 5 nitrogen and oxygen atoms in total. The van der Waals surface area contributed by atoms with E-state index in [4.69, 9.17) is 4.42 Å². The molecule has 1 aliphatic heterocycles. The summed E-state index contributed by atoms with van der Waals surface area (Å²) >= 11 is 1.54. The molecule has 1 saturated heterocycles. The van der Waals surface area contributed by atoms with Crippen LogP contribution in [0.5, 0.6) is 0 Å². The van der Waals surface area contributed by atoms with E-state index < -0.39 is 0 Å². The van der Waals surface area contributed by atoms with Crippen LogP contribution in [-0.4, -0.2) is 41.5 Å². The Kier molecular flexibility index (Phi) is 3.84. The molecular formula is C14H17N3O2S. The zero-order valence-electron chi connectivity index (χ0n) is 11.3. The lowest BCUT2D eigenvalue weighted by Crippen LogP contribution is -2.52. The van der Waals surface area contributed by atoms with Crippen LogP contribution < -0.4 is 5.32 Å². The van der Waals surface area contributed by atoms with Gasteiger partial charge in [-0.2, -0.15) is 0 Å². The number of carbonyl (C=O) groups excluding carboxylic acids is 1. The molecule has 0 spiro atoms. The second kappa shape index (κ2) is 5.76. The molecular weight excluding hydrogens is 274 g/mol. The molecule has 1 N–H and O–H groups in total. The normalized spacial score (nSPS) is 19.2. The van der Waals surface area contributed by atoms with Gasteiger partial charge in [0.15, 0.2) is 0 Å². The van der Waals surface area contributed by atoms with Gasteiger partial charge in [0.1, 0.15) is 11.3 Å². The average Bonchev–Trinajstić information content (AvgIpc) is 3.09. The Hall–Kier alpha value is -1.66. The first kappa shape index (κ1) is 13.3. The highest BCUT2D eigenvalue weighted by molar-refractivity contribution is 7.13. The molecule has 3 heterocycles. The number of hydrogen-bond acceptors (Lipinski definition) is 5. The van der Waals surface area contributed by atoms with Crippen molar-refractivity contribution < 1.29 is 9.21 Å². The third kappa shape index (κ3) is 2.76. The average molecular weight is 291 g/mol. The summed E-state index contributed by atoms with van der Waals surface area (Å²) in [6.45, 7) is 4.58. The van der Waals surface area contributed by atoms with Gasteiger partial charge in [-0.05, 0) is 13.0 Å². The fraction of sp³-hybridized carbons (Fsp3) is 0.429.